The van der Waals surface area contributed by atoms with Crippen molar-refractivity contribution in [3.05, 3.63) is 41.2 Å². The highest BCUT2D eigenvalue weighted by Gasteiger charge is 2.11. The average molecular weight is 264 g/mol. The fraction of sp³-hybridized carbons (Fsp3) is 0. The summed E-state index contributed by atoms with van der Waals surface area (Å²) in [6.07, 6.45) is 1.62. The summed E-state index contributed by atoms with van der Waals surface area (Å²) >= 11 is 3.45. The monoisotopic (exact) mass is 263 g/mol. The van der Waals surface area contributed by atoms with Crippen LogP contribution in [0.15, 0.2) is 45.6 Å². The molecule has 0 saturated heterocycles. The molecule has 0 aliphatic rings. The summed E-state index contributed by atoms with van der Waals surface area (Å²) in [6, 6.07) is 9.43. The van der Waals surface area contributed by atoms with E-state index in [0.29, 0.717) is 11.6 Å². The molecule has 4 nitrogen and oxygen atoms in total. The van der Waals surface area contributed by atoms with Gasteiger partial charge in [0.05, 0.1) is 10.9 Å². The largest absolute Gasteiger partial charge is 0.461 e. The van der Waals surface area contributed by atoms with Gasteiger partial charge in [0.1, 0.15) is 0 Å². The third kappa shape index (κ3) is 1.27. The fourth-order valence-corrected chi connectivity index (χ4v) is 1.97. The normalized spacial score (nSPS) is 11.0. The molecule has 74 valence electrons. The van der Waals surface area contributed by atoms with Crippen molar-refractivity contribution in [3.8, 4) is 11.6 Å². The second kappa shape index (κ2) is 3.20. The molecule has 0 bridgehead atoms. The van der Waals surface area contributed by atoms with Crippen LogP contribution in [0, 0.1) is 0 Å². The molecule has 15 heavy (non-hydrogen) atoms. The number of nitrogens with zero attached hydrogens (tertiary/aromatic N) is 3. The molecule has 5 heteroatoms. The van der Waals surface area contributed by atoms with Crippen LogP contribution < -0.4 is 0 Å². The summed E-state index contributed by atoms with van der Waals surface area (Å²) in [5, 5.41) is 8.15. The Morgan fingerprint density at radius 3 is 2.87 bits per heavy atom. The number of aromatic nitrogens is 3. The van der Waals surface area contributed by atoms with Crippen molar-refractivity contribution in [1.29, 1.82) is 0 Å². The molecule has 0 aliphatic carbocycles. The number of pyridine rings is 1. The first-order valence-corrected chi connectivity index (χ1v) is 5.19. The zero-order valence-corrected chi connectivity index (χ0v) is 9.18. The van der Waals surface area contributed by atoms with Crippen molar-refractivity contribution in [1.82, 2.24) is 14.6 Å². The highest BCUT2D eigenvalue weighted by molar-refractivity contribution is 9.10. The van der Waals surface area contributed by atoms with E-state index < -0.39 is 0 Å². The van der Waals surface area contributed by atoms with Crippen LogP contribution in [-0.4, -0.2) is 14.6 Å². The molecule has 3 aromatic heterocycles. The summed E-state index contributed by atoms with van der Waals surface area (Å²) < 4.78 is 8.08. The van der Waals surface area contributed by atoms with Crippen LogP contribution in [0.4, 0.5) is 0 Å². The minimum absolute atomic E-state index is 0.697. The second-order valence-corrected chi connectivity index (χ2v) is 3.86. The van der Waals surface area contributed by atoms with Crippen LogP contribution in [0.5, 0.6) is 0 Å². The summed E-state index contributed by atoms with van der Waals surface area (Å²) in [6.45, 7) is 0. The first-order chi connectivity index (χ1) is 7.36. The van der Waals surface area contributed by atoms with Crippen LogP contribution in [0.25, 0.3) is 17.2 Å². The lowest BCUT2D eigenvalue weighted by molar-refractivity contribution is 0.576. The number of halogens is 1. The third-order valence-electron chi connectivity index (χ3n) is 2.12. The van der Waals surface area contributed by atoms with E-state index in [0.717, 1.165) is 10.3 Å². The number of fused-ring (bicyclic) bond motifs is 1. The molecule has 0 amide bonds. The van der Waals surface area contributed by atoms with Crippen molar-refractivity contribution >= 4 is 21.6 Å². The van der Waals surface area contributed by atoms with E-state index in [1.807, 2.05) is 34.7 Å². The van der Waals surface area contributed by atoms with Gasteiger partial charge in [-0.15, -0.1) is 10.2 Å². The first kappa shape index (κ1) is 8.67. The molecule has 0 atom stereocenters. The van der Waals surface area contributed by atoms with Crippen LogP contribution >= 0.6 is 15.9 Å². The molecule has 3 rings (SSSR count). The predicted molar refractivity (Wildman–Crippen MR) is 58.4 cm³/mol. The summed E-state index contributed by atoms with van der Waals surface area (Å²) in [7, 11) is 0. The maximum absolute atomic E-state index is 5.30. The first-order valence-electron chi connectivity index (χ1n) is 4.40. The molecule has 3 heterocycles. The molecule has 0 radical (unpaired) electrons. The van der Waals surface area contributed by atoms with Gasteiger partial charge >= 0.3 is 0 Å². The number of hydrogen-bond acceptors (Lipinski definition) is 3. The van der Waals surface area contributed by atoms with Crippen molar-refractivity contribution < 1.29 is 4.42 Å². The highest BCUT2D eigenvalue weighted by Crippen LogP contribution is 2.22. The average Bonchev–Trinajstić information content (AvgIpc) is 2.85. The van der Waals surface area contributed by atoms with Crippen LogP contribution in [0.3, 0.4) is 0 Å². The molecule has 3 aromatic rings. The van der Waals surface area contributed by atoms with Gasteiger partial charge in [0.25, 0.3) is 0 Å². The van der Waals surface area contributed by atoms with Crippen LogP contribution in [0.1, 0.15) is 0 Å². The standard InChI is InChI=1S/C10H6BrN3O/c11-8-4-1-5-9-12-13-10(14(8)9)7-3-2-6-15-7/h1-6H. The highest BCUT2D eigenvalue weighted by atomic mass is 79.9. The van der Waals surface area contributed by atoms with Crippen molar-refractivity contribution in [2.75, 3.05) is 0 Å². The number of hydrogen-bond donors (Lipinski definition) is 0. The minimum atomic E-state index is 0.697. The van der Waals surface area contributed by atoms with E-state index in [4.69, 9.17) is 4.42 Å². The lowest BCUT2D eigenvalue weighted by Gasteiger charge is -1.98. The second-order valence-electron chi connectivity index (χ2n) is 3.04. The van der Waals surface area contributed by atoms with E-state index in [-0.39, 0.29) is 0 Å². The van der Waals surface area contributed by atoms with E-state index in [1.165, 1.54) is 0 Å². The van der Waals surface area contributed by atoms with Gasteiger partial charge in [-0.25, -0.2) is 0 Å². The Labute approximate surface area is 93.7 Å². The van der Waals surface area contributed by atoms with Crippen LogP contribution in [-0.2, 0) is 0 Å². The smallest absolute Gasteiger partial charge is 0.205 e. The van der Waals surface area contributed by atoms with Crippen molar-refractivity contribution in [3.63, 3.8) is 0 Å². The van der Waals surface area contributed by atoms with Gasteiger partial charge in [-0.3, -0.25) is 4.40 Å². The number of rotatable bonds is 1. The van der Waals surface area contributed by atoms with Gasteiger partial charge in [0.15, 0.2) is 11.4 Å². The SMILES string of the molecule is Brc1cccc2nnc(-c3ccco3)n12. The maximum atomic E-state index is 5.30. The molecule has 0 fully saturated rings. The van der Waals surface area contributed by atoms with Gasteiger partial charge in [0.2, 0.25) is 5.82 Å². The Bertz CT molecular complexity index is 600. The van der Waals surface area contributed by atoms with Crippen LogP contribution in [0.2, 0.25) is 0 Å². The van der Waals surface area contributed by atoms with E-state index >= 15 is 0 Å². The Balaban J connectivity index is 2.37. The van der Waals surface area contributed by atoms with Gasteiger partial charge in [-0.05, 0) is 40.2 Å². The Morgan fingerprint density at radius 2 is 2.07 bits per heavy atom. The summed E-state index contributed by atoms with van der Waals surface area (Å²) in [4.78, 5) is 0. The quantitative estimate of drug-likeness (QED) is 0.635. The zero-order chi connectivity index (χ0) is 10.3. The predicted octanol–water partition coefficient (Wildman–Crippen LogP) is 2.75. The minimum Gasteiger partial charge on any atom is -0.461 e. The summed E-state index contributed by atoms with van der Waals surface area (Å²) in [5.41, 5.74) is 0.788. The van der Waals surface area contributed by atoms with Crippen molar-refractivity contribution in [2.45, 2.75) is 0 Å². The molecular weight excluding hydrogens is 258 g/mol. The number of furan rings is 1. The van der Waals surface area contributed by atoms with Gasteiger partial charge in [-0.2, -0.15) is 0 Å². The van der Waals surface area contributed by atoms with Gasteiger partial charge in [-0.1, -0.05) is 6.07 Å². The Kier molecular flexibility index (Phi) is 1.85. The maximum Gasteiger partial charge on any atom is 0.205 e. The molecule has 0 N–H and O–H groups in total. The van der Waals surface area contributed by atoms with E-state index in [9.17, 15) is 0 Å². The molecule has 0 aliphatic heterocycles. The third-order valence-corrected chi connectivity index (χ3v) is 2.74. The van der Waals surface area contributed by atoms with Crippen molar-refractivity contribution in [2.24, 2.45) is 0 Å². The summed E-state index contributed by atoms with van der Waals surface area (Å²) in [5.74, 6) is 1.40. The van der Waals surface area contributed by atoms with E-state index in [1.54, 1.807) is 6.26 Å². The fourth-order valence-electron chi connectivity index (χ4n) is 1.47. The molecule has 0 aromatic carbocycles. The zero-order valence-electron chi connectivity index (χ0n) is 7.59. The lowest BCUT2D eigenvalue weighted by Crippen LogP contribution is -1.89. The molecule has 0 saturated carbocycles. The molecular formula is C10H6BrN3O. The van der Waals surface area contributed by atoms with Gasteiger partial charge in [0, 0.05) is 0 Å². The van der Waals surface area contributed by atoms with Gasteiger partial charge < -0.3 is 4.42 Å². The molecule has 0 unspecified atom stereocenters. The Hall–Kier alpha value is -1.62. The van der Waals surface area contributed by atoms with E-state index in [2.05, 4.69) is 26.1 Å². The lowest BCUT2D eigenvalue weighted by atomic mass is 10.4. The Morgan fingerprint density at radius 1 is 1.13 bits per heavy atom. The topological polar surface area (TPSA) is 43.3 Å². The molecule has 0 spiro atoms.